The zero-order valence-electron chi connectivity index (χ0n) is 10.0. The van der Waals surface area contributed by atoms with Crippen molar-refractivity contribution >= 4 is 28.9 Å². The predicted octanol–water partition coefficient (Wildman–Crippen LogP) is 3.69. The lowest BCUT2D eigenvalue weighted by atomic mass is 10.1. The van der Waals surface area contributed by atoms with E-state index in [1.807, 2.05) is 0 Å². The number of aliphatic hydroxyl groups excluding tert-OH is 1. The molecule has 0 heterocycles. The maximum absolute atomic E-state index is 10.0. The summed E-state index contributed by atoms with van der Waals surface area (Å²) in [5, 5.41) is 11.0. The zero-order valence-corrected chi connectivity index (χ0v) is 11.5. The summed E-state index contributed by atoms with van der Waals surface area (Å²) in [7, 11) is 0. The van der Waals surface area contributed by atoms with E-state index in [4.69, 9.17) is 33.7 Å². The largest absolute Gasteiger partial charge is 0.489 e. The molecule has 0 amide bonds. The van der Waals surface area contributed by atoms with Crippen molar-refractivity contribution in [2.24, 2.45) is 0 Å². The van der Waals surface area contributed by atoms with Crippen molar-refractivity contribution in [3.8, 4) is 5.75 Å². The van der Waals surface area contributed by atoms with E-state index < -0.39 is 6.10 Å². The number of halogens is 2. The Hall–Kier alpha value is -1.42. The van der Waals surface area contributed by atoms with Gasteiger partial charge in [0.25, 0.3) is 0 Å². The van der Waals surface area contributed by atoms with Gasteiger partial charge in [-0.2, -0.15) is 0 Å². The van der Waals surface area contributed by atoms with Gasteiger partial charge in [-0.3, -0.25) is 0 Å². The van der Waals surface area contributed by atoms with Crippen LogP contribution in [0.1, 0.15) is 11.7 Å². The highest BCUT2D eigenvalue weighted by Gasteiger charge is 2.12. The number of nitrogen functional groups attached to an aromatic ring is 1. The Morgan fingerprint density at radius 3 is 2.63 bits per heavy atom. The van der Waals surface area contributed by atoms with Crippen LogP contribution in [0.15, 0.2) is 42.5 Å². The lowest BCUT2D eigenvalue weighted by Crippen LogP contribution is -2.11. The number of para-hydroxylation sites is 1. The number of benzene rings is 2. The normalized spacial score (nSPS) is 12.2. The van der Waals surface area contributed by atoms with Crippen LogP contribution < -0.4 is 10.5 Å². The van der Waals surface area contributed by atoms with E-state index in [0.717, 1.165) is 0 Å². The minimum Gasteiger partial charge on any atom is -0.489 e. The Kier molecular flexibility index (Phi) is 4.53. The molecule has 0 spiro atoms. The minimum absolute atomic E-state index is 0.0499. The fourth-order valence-electron chi connectivity index (χ4n) is 1.66. The van der Waals surface area contributed by atoms with Crippen LogP contribution in [-0.4, -0.2) is 11.7 Å². The van der Waals surface area contributed by atoms with Crippen molar-refractivity contribution < 1.29 is 9.84 Å². The van der Waals surface area contributed by atoms with Gasteiger partial charge in [-0.25, -0.2) is 0 Å². The van der Waals surface area contributed by atoms with Gasteiger partial charge in [-0.1, -0.05) is 41.4 Å². The smallest absolute Gasteiger partial charge is 0.139 e. The van der Waals surface area contributed by atoms with Gasteiger partial charge in [-0.15, -0.1) is 0 Å². The van der Waals surface area contributed by atoms with E-state index in [-0.39, 0.29) is 6.61 Å². The molecule has 0 aromatic heterocycles. The highest BCUT2D eigenvalue weighted by Crippen LogP contribution is 2.29. The number of aliphatic hydroxyl groups is 1. The summed E-state index contributed by atoms with van der Waals surface area (Å²) in [4.78, 5) is 0. The monoisotopic (exact) mass is 297 g/mol. The SMILES string of the molecule is Nc1ccccc1C(O)COc1cc(Cl)ccc1Cl. The van der Waals surface area contributed by atoms with E-state index in [1.165, 1.54) is 0 Å². The zero-order chi connectivity index (χ0) is 13.8. The van der Waals surface area contributed by atoms with Crippen molar-refractivity contribution in [2.75, 3.05) is 12.3 Å². The third kappa shape index (κ3) is 3.53. The Morgan fingerprint density at radius 2 is 1.89 bits per heavy atom. The summed E-state index contributed by atoms with van der Waals surface area (Å²) in [5.74, 6) is 0.433. The average Bonchev–Trinajstić information content (AvgIpc) is 2.40. The van der Waals surface area contributed by atoms with Gasteiger partial charge < -0.3 is 15.6 Å². The summed E-state index contributed by atoms with van der Waals surface area (Å²) in [6, 6.07) is 12.0. The number of hydrogen-bond acceptors (Lipinski definition) is 3. The Bertz CT molecular complexity index is 575. The molecule has 0 saturated carbocycles. The van der Waals surface area contributed by atoms with Crippen molar-refractivity contribution in [1.82, 2.24) is 0 Å². The third-order valence-electron chi connectivity index (χ3n) is 2.64. The molecule has 0 bridgehead atoms. The number of nitrogens with two attached hydrogens (primary N) is 1. The Balaban J connectivity index is 2.06. The molecule has 0 aliphatic heterocycles. The fraction of sp³-hybridized carbons (Fsp3) is 0.143. The lowest BCUT2D eigenvalue weighted by molar-refractivity contribution is 0.109. The van der Waals surface area contributed by atoms with Gasteiger partial charge in [-0.05, 0) is 18.2 Å². The maximum Gasteiger partial charge on any atom is 0.139 e. The molecule has 19 heavy (non-hydrogen) atoms. The Labute approximate surface area is 121 Å². The summed E-state index contributed by atoms with van der Waals surface area (Å²) >= 11 is 11.8. The molecule has 2 aromatic rings. The van der Waals surface area contributed by atoms with E-state index in [1.54, 1.807) is 42.5 Å². The fourth-order valence-corrected chi connectivity index (χ4v) is 1.99. The van der Waals surface area contributed by atoms with Crippen LogP contribution in [0.3, 0.4) is 0 Å². The molecule has 100 valence electrons. The standard InChI is InChI=1S/C14H13Cl2NO2/c15-9-5-6-11(16)14(7-9)19-8-13(18)10-3-1-2-4-12(10)17/h1-7,13,18H,8,17H2. The molecular weight excluding hydrogens is 285 g/mol. The second-order valence-electron chi connectivity index (χ2n) is 4.03. The summed E-state index contributed by atoms with van der Waals surface area (Å²) in [5.41, 5.74) is 6.93. The molecule has 0 aliphatic rings. The summed E-state index contributed by atoms with van der Waals surface area (Å²) < 4.78 is 5.47. The van der Waals surface area contributed by atoms with Crippen molar-refractivity contribution in [3.05, 3.63) is 58.1 Å². The second-order valence-corrected chi connectivity index (χ2v) is 4.87. The van der Waals surface area contributed by atoms with Crippen LogP contribution >= 0.6 is 23.2 Å². The number of rotatable bonds is 4. The number of hydrogen-bond donors (Lipinski definition) is 2. The third-order valence-corrected chi connectivity index (χ3v) is 3.19. The lowest BCUT2D eigenvalue weighted by Gasteiger charge is -2.15. The highest BCUT2D eigenvalue weighted by molar-refractivity contribution is 6.34. The van der Waals surface area contributed by atoms with Crippen molar-refractivity contribution in [2.45, 2.75) is 6.10 Å². The van der Waals surface area contributed by atoms with Crippen LogP contribution in [0.2, 0.25) is 10.0 Å². The van der Waals surface area contributed by atoms with Crippen LogP contribution in [0.5, 0.6) is 5.75 Å². The van der Waals surface area contributed by atoms with Crippen LogP contribution in [0.25, 0.3) is 0 Å². The minimum atomic E-state index is -0.823. The first kappa shape index (κ1) is 14.0. The topological polar surface area (TPSA) is 55.5 Å². The van der Waals surface area contributed by atoms with Gasteiger partial charge >= 0.3 is 0 Å². The molecule has 0 radical (unpaired) electrons. The van der Waals surface area contributed by atoms with Gasteiger partial charge in [0.1, 0.15) is 18.5 Å². The van der Waals surface area contributed by atoms with Crippen LogP contribution in [0, 0.1) is 0 Å². The van der Waals surface area contributed by atoms with Gasteiger partial charge in [0.2, 0.25) is 0 Å². The average molecular weight is 298 g/mol. The summed E-state index contributed by atoms with van der Waals surface area (Å²) in [6.45, 7) is 0.0499. The molecule has 0 saturated heterocycles. The number of anilines is 1. The second kappa shape index (κ2) is 6.15. The molecule has 3 N–H and O–H groups in total. The van der Waals surface area contributed by atoms with E-state index >= 15 is 0 Å². The molecule has 5 heteroatoms. The van der Waals surface area contributed by atoms with Gasteiger partial charge in [0.15, 0.2) is 0 Å². The molecule has 0 aliphatic carbocycles. The van der Waals surface area contributed by atoms with Gasteiger partial charge in [0, 0.05) is 22.3 Å². The number of ether oxygens (including phenoxy) is 1. The van der Waals surface area contributed by atoms with E-state index in [2.05, 4.69) is 0 Å². The molecule has 2 aromatic carbocycles. The van der Waals surface area contributed by atoms with Crippen LogP contribution in [-0.2, 0) is 0 Å². The van der Waals surface area contributed by atoms with Gasteiger partial charge in [0.05, 0.1) is 5.02 Å². The van der Waals surface area contributed by atoms with Crippen molar-refractivity contribution in [3.63, 3.8) is 0 Å². The quantitative estimate of drug-likeness (QED) is 0.846. The first-order valence-corrected chi connectivity index (χ1v) is 6.44. The van der Waals surface area contributed by atoms with E-state index in [0.29, 0.717) is 27.0 Å². The Morgan fingerprint density at radius 1 is 1.16 bits per heavy atom. The summed E-state index contributed by atoms with van der Waals surface area (Å²) in [6.07, 6.45) is -0.823. The maximum atomic E-state index is 10.0. The first-order valence-electron chi connectivity index (χ1n) is 5.68. The first-order chi connectivity index (χ1) is 9.08. The molecule has 3 nitrogen and oxygen atoms in total. The van der Waals surface area contributed by atoms with Crippen molar-refractivity contribution in [1.29, 1.82) is 0 Å². The molecule has 1 atom stereocenters. The predicted molar refractivity (Wildman–Crippen MR) is 77.8 cm³/mol. The molecule has 2 rings (SSSR count). The van der Waals surface area contributed by atoms with Crippen LogP contribution in [0.4, 0.5) is 5.69 Å². The highest BCUT2D eigenvalue weighted by atomic mass is 35.5. The molecule has 1 unspecified atom stereocenters. The van der Waals surface area contributed by atoms with E-state index in [9.17, 15) is 5.11 Å². The molecule has 0 fully saturated rings. The molecular formula is C14H13Cl2NO2.